The zero-order chi connectivity index (χ0) is 25.7. The fraction of sp³-hybridized carbons (Fsp3) is 0.310. The van der Waals surface area contributed by atoms with Gasteiger partial charge in [0.1, 0.15) is 24.5 Å². The van der Waals surface area contributed by atoms with E-state index in [1.54, 1.807) is 31.4 Å². The molecule has 0 aromatic heterocycles. The first kappa shape index (κ1) is 25.1. The zero-order valence-electron chi connectivity index (χ0n) is 21.2. The number of ether oxygens (including phenoxy) is 3. The molecule has 7 nitrogen and oxygen atoms in total. The Hall–Kier alpha value is -4.00. The summed E-state index contributed by atoms with van der Waals surface area (Å²) in [6.45, 7) is 7.23. The smallest absolute Gasteiger partial charge is 0.282 e. The maximum absolute atomic E-state index is 12.8. The second-order valence-electron chi connectivity index (χ2n) is 9.65. The number of hydrogen-bond donors (Lipinski definition) is 1. The Kier molecular flexibility index (Phi) is 7.48. The molecule has 0 atom stereocenters. The summed E-state index contributed by atoms with van der Waals surface area (Å²) in [7, 11) is 1.55. The zero-order valence-corrected chi connectivity index (χ0v) is 21.2. The third-order valence-corrected chi connectivity index (χ3v) is 6.00. The van der Waals surface area contributed by atoms with Crippen LogP contribution in [0.5, 0.6) is 17.2 Å². The third kappa shape index (κ3) is 5.79. The fourth-order valence-corrected chi connectivity index (χ4v) is 3.96. The first-order valence-electron chi connectivity index (χ1n) is 12.0. The summed E-state index contributed by atoms with van der Waals surface area (Å²) < 4.78 is 17.1. The van der Waals surface area contributed by atoms with Gasteiger partial charge in [-0.3, -0.25) is 15.0 Å². The largest absolute Gasteiger partial charge is 0.493 e. The van der Waals surface area contributed by atoms with Gasteiger partial charge in [0.15, 0.2) is 11.5 Å². The highest BCUT2D eigenvalue weighted by atomic mass is 16.5. The van der Waals surface area contributed by atoms with E-state index < -0.39 is 5.91 Å². The van der Waals surface area contributed by atoms with Crippen molar-refractivity contribution in [1.29, 1.82) is 0 Å². The van der Waals surface area contributed by atoms with Crippen molar-refractivity contribution < 1.29 is 23.8 Å². The molecule has 1 heterocycles. The van der Waals surface area contributed by atoms with E-state index in [1.165, 1.54) is 10.6 Å². The minimum Gasteiger partial charge on any atom is -0.493 e. The molecule has 188 valence electrons. The van der Waals surface area contributed by atoms with Crippen LogP contribution < -0.4 is 19.6 Å². The first-order chi connectivity index (χ1) is 17.3. The predicted octanol–water partition coefficient (Wildman–Crippen LogP) is 4.94. The molecule has 1 saturated heterocycles. The normalized spacial score (nSPS) is 16.7. The van der Waals surface area contributed by atoms with E-state index in [-0.39, 0.29) is 16.9 Å². The van der Waals surface area contributed by atoms with Gasteiger partial charge in [-0.2, -0.15) is 0 Å². The van der Waals surface area contributed by atoms with Gasteiger partial charge in [-0.15, -0.1) is 0 Å². The Morgan fingerprint density at radius 1 is 1.00 bits per heavy atom. The van der Waals surface area contributed by atoms with E-state index in [0.29, 0.717) is 36.7 Å². The van der Waals surface area contributed by atoms with Crippen LogP contribution in [0, 0.1) is 0 Å². The van der Waals surface area contributed by atoms with Crippen molar-refractivity contribution in [1.82, 2.24) is 10.4 Å². The quantitative estimate of drug-likeness (QED) is 0.324. The van der Waals surface area contributed by atoms with Crippen molar-refractivity contribution in [3.05, 3.63) is 83.1 Å². The molecule has 2 aliphatic rings. The molecule has 1 aliphatic heterocycles. The molecule has 2 aromatic carbocycles. The highest BCUT2D eigenvalue weighted by molar-refractivity contribution is 6.25. The summed E-state index contributed by atoms with van der Waals surface area (Å²) >= 11 is 0. The van der Waals surface area contributed by atoms with Crippen LogP contribution in [0.25, 0.3) is 6.08 Å². The van der Waals surface area contributed by atoms with Crippen LogP contribution in [0.1, 0.15) is 44.7 Å². The van der Waals surface area contributed by atoms with Crippen molar-refractivity contribution in [2.75, 3.05) is 20.3 Å². The summed E-state index contributed by atoms with van der Waals surface area (Å²) in [4.78, 5) is 25.3. The Morgan fingerprint density at radius 3 is 2.42 bits per heavy atom. The van der Waals surface area contributed by atoms with Crippen LogP contribution in [-0.2, 0) is 15.0 Å². The van der Waals surface area contributed by atoms with Crippen LogP contribution in [0.3, 0.4) is 0 Å². The average Bonchev–Trinajstić information content (AvgIpc) is 3.15. The maximum Gasteiger partial charge on any atom is 0.282 e. The minimum absolute atomic E-state index is 0.0760. The van der Waals surface area contributed by atoms with E-state index in [1.807, 2.05) is 30.4 Å². The van der Waals surface area contributed by atoms with Gasteiger partial charge in [0, 0.05) is 5.70 Å². The molecule has 1 aliphatic carbocycles. The lowest BCUT2D eigenvalue weighted by atomic mass is 9.87. The molecule has 0 saturated carbocycles. The van der Waals surface area contributed by atoms with Gasteiger partial charge >= 0.3 is 0 Å². The lowest BCUT2D eigenvalue weighted by Crippen LogP contribution is -2.35. The number of hydrogen-bond acceptors (Lipinski definition) is 5. The number of carbonyl (C=O) groups excluding carboxylic acids is 2. The number of hydrazine groups is 1. The number of allylic oxidation sites excluding steroid dienone is 4. The minimum atomic E-state index is -0.428. The molecule has 0 unspecified atom stereocenters. The van der Waals surface area contributed by atoms with Crippen LogP contribution in [0.15, 0.2) is 72.0 Å². The molecule has 0 radical (unpaired) electrons. The molecule has 0 spiro atoms. The van der Waals surface area contributed by atoms with Gasteiger partial charge in [0.05, 0.1) is 7.11 Å². The molecular weight excluding hydrogens is 456 g/mol. The summed E-state index contributed by atoms with van der Waals surface area (Å²) in [5, 5.41) is 1.32. The van der Waals surface area contributed by atoms with E-state index in [4.69, 9.17) is 14.2 Å². The number of methoxy groups -OCH3 is 1. The highest BCUT2D eigenvalue weighted by Crippen LogP contribution is 2.30. The topological polar surface area (TPSA) is 77.1 Å². The van der Waals surface area contributed by atoms with E-state index in [2.05, 4.69) is 38.3 Å². The van der Waals surface area contributed by atoms with Gasteiger partial charge in [-0.1, -0.05) is 51.1 Å². The molecular formula is C29H32N2O5. The lowest BCUT2D eigenvalue weighted by Gasteiger charge is -2.19. The van der Waals surface area contributed by atoms with Crippen molar-refractivity contribution in [2.24, 2.45) is 0 Å². The van der Waals surface area contributed by atoms with Gasteiger partial charge < -0.3 is 14.2 Å². The molecule has 2 aromatic rings. The standard InChI is InChI=1S/C29H32N2O5/c1-29(2,3)21-11-13-23(14-12-21)35-16-17-36-25-15-10-20(19-26(25)34-4)18-24-27(32)30-31(28(24)33)22-8-6-5-7-9-22/h5-6,8,10-15,18-19H,7,9,16-17H2,1-4H3,(H,30,32). The molecule has 2 amide bonds. The number of carbonyl (C=O) groups is 2. The van der Waals surface area contributed by atoms with Crippen molar-refractivity contribution >= 4 is 17.9 Å². The van der Waals surface area contributed by atoms with Crippen molar-refractivity contribution in [2.45, 2.75) is 39.0 Å². The number of nitrogens with one attached hydrogen (secondary N) is 1. The average molecular weight is 489 g/mol. The van der Waals surface area contributed by atoms with Gasteiger partial charge in [-0.05, 0) is 65.8 Å². The van der Waals surface area contributed by atoms with Crippen LogP contribution in [-0.4, -0.2) is 37.1 Å². The van der Waals surface area contributed by atoms with Gasteiger partial charge in [0.25, 0.3) is 11.8 Å². The Labute approximate surface area is 212 Å². The van der Waals surface area contributed by atoms with Crippen molar-refractivity contribution in [3.63, 3.8) is 0 Å². The molecule has 36 heavy (non-hydrogen) atoms. The maximum atomic E-state index is 12.8. The number of benzene rings is 2. The summed E-state index contributed by atoms with van der Waals surface area (Å²) in [5.41, 5.74) is 5.50. The molecule has 1 fully saturated rings. The summed E-state index contributed by atoms with van der Waals surface area (Å²) in [6, 6.07) is 13.4. The monoisotopic (exact) mass is 488 g/mol. The fourth-order valence-electron chi connectivity index (χ4n) is 3.96. The first-order valence-corrected chi connectivity index (χ1v) is 12.0. The Morgan fingerprint density at radius 2 is 1.75 bits per heavy atom. The lowest BCUT2D eigenvalue weighted by molar-refractivity contribution is -0.126. The Bertz CT molecular complexity index is 1220. The Balaban J connectivity index is 1.37. The number of amides is 2. The molecule has 1 N–H and O–H groups in total. The second-order valence-corrected chi connectivity index (χ2v) is 9.65. The van der Waals surface area contributed by atoms with E-state index >= 15 is 0 Å². The summed E-state index contributed by atoms with van der Waals surface area (Å²) in [5.74, 6) is 1.04. The highest BCUT2D eigenvalue weighted by Gasteiger charge is 2.35. The second kappa shape index (κ2) is 10.7. The van der Waals surface area contributed by atoms with Gasteiger partial charge in [-0.25, -0.2) is 5.01 Å². The molecule has 0 bridgehead atoms. The van der Waals surface area contributed by atoms with Crippen LogP contribution >= 0.6 is 0 Å². The summed E-state index contributed by atoms with van der Waals surface area (Å²) in [6.07, 6.45) is 8.84. The predicted molar refractivity (Wildman–Crippen MR) is 139 cm³/mol. The molecule has 4 rings (SSSR count). The van der Waals surface area contributed by atoms with E-state index in [0.717, 1.165) is 17.9 Å². The SMILES string of the molecule is COc1cc(C=C2C(=O)NN(C3=CC=CCC3)C2=O)ccc1OCCOc1ccc(C(C)(C)C)cc1. The third-order valence-electron chi connectivity index (χ3n) is 6.00. The van der Waals surface area contributed by atoms with Crippen LogP contribution in [0.2, 0.25) is 0 Å². The van der Waals surface area contributed by atoms with Crippen LogP contribution in [0.4, 0.5) is 0 Å². The van der Waals surface area contributed by atoms with Gasteiger partial charge in [0.2, 0.25) is 0 Å². The number of rotatable bonds is 8. The van der Waals surface area contributed by atoms with E-state index in [9.17, 15) is 9.59 Å². The number of nitrogens with zero attached hydrogens (tertiary/aromatic N) is 1. The molecule has 7 heteroatoms. The van der Waals surface area contributed by atoms with Crippen molar-refractivity contribution in [3.8, 4) is 17.2 Å².